The smallest absolute Gasteiger partial charge is 0.240 e. The molecule has 1 atom stereocenters. The highest BCUT2D eigenvalue weighted by atomic mass is 19.1. The van der Waals surface area contributed by atoms with E-state index in [9.17, 15) is 14.3 Å². The second kappa shape index (κ2) is 7.04. The lowest BCUT2D eigenvalue weighted by Crippen LogP contribution is -2.32. The van der Waals surface area contributed by atoms with Crippen LogP contribution in [0.2, 0.25) is 0 Å². The minimum Gasteiger partial charge on any atom is -0.493 e. The Morgan fingerprint density at radius 1 is 1.19 bits per heavy atom. The summed E-state index contributed by atoms with van der Waals surface area (Å²) in [5, 5.41) is 17.8. The maximum absolute atomic E-state index is 13.4. The van der Waals surface area contributed by atoms with Gasteiger partial charge < -0.3 is 10.4 Å². The highest BCUT2D eigenvalue weighted by Gasteiger charge is 2.48. The number of benzene rings is 1. The normalized spacial score (nSPS) is 17.7. The molecule has 0 fully saturated rings. The fourth-order valence-electron chi connectivity index (χ4n) is 4.04. The lowest BCUT2D eigenvalue weighted by atomic mass is 9.78. The van der Waals surface area contributed by atoms with E-state index in [1.807, 2.05) is 0 Å². The average Bonchev–Trinajstić information content (AvgIpc) is 3.31. The van der Waals surface area contributed by atoms with Gasteiger partial charge in [0.2, 0.25) is 11.8 Å². The van der Waals surface area contributed by atoms with Gasteiger partial charge >= 0.3 is 0 Å². The van der Waals surface area contributed by atoms with Crippen molar-refractivity contribution in [3.8, 4) is 17.4 Å². The number of halogens is 1. The summed E-state index contributed by atoms with van der Waals surface area (Å²) in [6, 6.07) is 5.56. The summed E-state index contributed by atoms with van der Waals surface area (Å²) in [5.41, 5.74) is 1.26. The summed E-state index contributed by atoms with van der Waals surface area (Å²) in [7, 11) is 0. The van der Waals surface area contributed by atoms with Crippen LogP contribution in [0.4, 0.5) is 10.2 Å². The second-order valence-electron chi connectivity index (χ2n) is 8.38. The van der Waals surface area contributed by atoms with Crippen LogP contribution < -0.4 is 5.32 Å². The first-order valence-electron chi connectivity index (χ1n) is 10.2. The number of hydrogen-bond acceptors (Lipinski definition) is 7. The number of anilines is 1. The molecule has 0 saturated heterocycles. The first-order chi connectivity index (χ1) is 15.3. The fourth-order valence-corrected chi connectivity index (χ4v) is 4.04. The van der Waals surface area contributed by atoms with E-state index in [1.165, 1.54) is 30.6 Å². The maximum Gasteiger partial charge on any atom is 0.240 e. The average molecular weight is 433 g/mol. The lowest BCUT2D eigenvalue weighted by Gasteiger charge is -2.22. The molecule has 9 nitrogen and oxygen atoms in total. The van der Waals surface area contributed by atoms with Gasteiger partial charge in [0.05, 0.1) is 17.5 Å². The van der Waals surface area contributed by atoms with Crippen LogP contribution in [0.5, 0.6) is 5.88 Å². The van der Waals surface area contributed by atoms with Gasteiger partial charge in [-0.25, -0.2) is 23.9 Å². The molecule has 0 radical (unpaired) electrons. The van der Waals surface area contributed by atoms with Crippen LogP contribution in [0.1, 0.15) is 37.6 Å². The molecule has 1 unspecified atom stereocenters. The summed E-state index contributed by atoms with van der Waals surface area (Å²) >= 11 is 0. The number of amides is 1. The SMILES string of the molecule is CC(C)Cc1nc(-c2nc(O)c3c(n2)NC(=O)C3(C)c2ccc(F)cc2)cn2ncnc12. The van der Waals surface area contributed by atoms with E-state index in [-0.39, 0.29) is 29.0 Å². The molecule has 10 heteroatoms. The van der Waals surface area contributed by atoms with Crippen molar-refractivity contribution in [1.82, 2.24) is 29.5 Å². The third kappa shape index (κ3) is 2.98. The Morgan fingerprint density at radius 2 is 1.94 bits per heavy atom. The first-order valence-corrected chi connectivity index (χ1v) is 10.2. The molecule has 0 aliphatic carbocycles. The largest absolute Gasteiger partial charge is 0.493 e. The highest BCUT2D eigenvalue weighted by molar-refractivity contribution is 6.08. The van der Waals surface area contributed by atoms with Crippen molar-refractivity contribution in [3.63, 3.8) is 0 Å². The van der Waals surface area contributed by atoms with Crippen molar-refractivity contribution in [2.24, 2.45) is 5.92 Å². The quantitative estimate of drug-likeness (QED) is 0.508. The predicted molar refractivity (Wildman–Crippen MR) is 113 cm³/mol. The third-order valence-electron chi connectivity index (χ3n) is 5.66. The van der Waals surface area contributed by atoms with Crippen molar-refractivity contribution in [3.05, 3.63) is 59.4 Å². The van der Waals surface area contributed by atoms with Gasteiger partial charge in [0.1, 0.15) is 29.1 Å². The Morgan fingerprint density at radius 3 is 2.66 bits per heavy atom. The van der Waals surface area contributed by atoms with E-state index in [0.29, 0.717) is 29.2 Å². The number of aromatic nitrogens is 6. The summed E-state index contributed by atoms with van der Waals surface area (Å²) < 4.78 is 15.0. The van der Waals surface area contributed by atoms with Crippen molar-refractivity contribution < 1.29 is 14.3 Å². The van der Waals surface area contributed by atoms with E-state index in [4.69, 9.17) is 0 Å². The zero-order valence-electron chi connectivity index (χ0n) is 17.7. The van der Waals surface area contributed by atoms with Gasteiger partial charge in [0.15, 0.2) is 11.5 Å². The fraction of sp³-hybridized carbons (Fsp3) is 0.273. The minimum absolute atomic E-state index is 0.146. The zero-order chi connectivity index (χ0) is 22.6. The second-order valence-corrected chi connectivity index (χ2v) is 8.38. The summed E-state index contributed by atoms with van der Waals surface area (Å²) in [6.45, 7) is 5.79. The number of nitrogens with one attached hydrogen (secondary N) is 1. The number of nitrogens with zero attached hydrogens (tertiary/aromatic N) is 6. The Bertz CT molecular complexity index is 1370. The molecule has 3 aromatic heterocycles. The van der Waals surface area contributed by atoms with Crippen LogP contribution in [0.3, 0.4) is 0 Å². The van der Waals surface area contributed by atoms with Crippen LogP contribution in [0.15, 0.2) is 36.8 Å². The standard InChI is InChI=1S/C22H20FN7O2/c1-11(2)8-14-19-24-10-25-30(19)9-15(26-14)17-27-18-16(20(31)28-17)22(3,21(32)29-18)12-4-6-13(23)7-5-12/h4-7,9-11H,8H2,1-3H3,(H2,27,28,29,31,32). The summed E-state index contributed by atoms with van der Waals surface area (Å²) in [4.78, 5) is 30.6. The van der Waals surface area contributed by atoms with E-state index in [1.54, 1.807) is 17.6 Å². The van der Waals surface area contributed by atoms with E-state index >= 15 is 0 Å². The predicted octanol–water partition coefficient (Wildman–Crippen LogP) is 2.88. The molecular weight excluding hydrogens is 413 g/mol. The van der Waals surface area contributed by atoms with Crippen molar-refractivity contribution in [1.29, 1.82) is 0 Å². The number of hydrogen-bond donors (Lipinski definition) is 2. The van der Waals surface area contributed by atoms with Crippen LogP contribution in [0.25, 0.3) is 17.2 Å². The monoisotopic (exact) mass is 433 g/mol. The Labute approximate surface area is 182 Å². The molecule has 5 rings (SSSR count). The van der Waals surface area contributed by atoms with E-state index < -0.39 is 11.2 Å². The van der Waals surface area contributed by atoms with Crippen LogP contribution >= 0.6 is 0 Å². The number of aromatic hydroxyl groups is 1. The molecule has 0 spiro atoms. The van der Waals surface area contributed by atoms with E-state index in [2.05, 4.69) is 44.2 Å². The van der Waals surface area contributed by atoms with Gasteiger partial charge in [-0.3, -0.25) is 4.79 Å². The number of fused-ring (bicyclic) bond motifs is 2. The highest BCUT2D eigenvalue weighted by Crippen LogP contribution is 2.46. The van der Waals surface area contributed by atoms with Gasteiger partial charge in [-0.15, -0.1) is 0 Å². The molecule has 32 heavy (non-hydrogen) atoms. The summed E-state index contributed by atoms with van der Waals surface area (Å²) in [5.74, 6) is -0.480. The molecule has 162 valence electrons. The molecule has 2 N–H and O–H groups in total. The molecule has 4 aromatic rings. The van der Waals surface area contributed by atoms with Gasteiger partial charge in [-0.2, -0.15) is 10.1 Å². The van der Waals surface area contributed by atoms with Crippen LogP contribution in [0, 0.1) is 11.7 Å². The van der Waals surface area contributed by atoms with Gasteiger partial charge in [-0.05, 0) is 37.0 Å². The maximum atomic E-state index is 13.4. The van der Waals surface area contributed by atoms with E-state index in [0.717, 1.165) is 5.69 Å². The molecule has 0 bridgehead atoms. The van der Waals surface area contributed by atoms with Crippen molar-refractivity contribution >= 4 is 17.4 Å². The lowest BCUT2D eigenvalue weighted by molar-refractivity contribution is -0.119. The molecule has 1 aliphatic rings. The summed E-state index contributed by atoms with van der Waals surface area (Å²) in [6.07, 6.45) is 3.75. The van der Waals surface area contributed by atoms with Crippen LogP contribution in [-0.4, -0.2) is 40.6 Å². The number of carbonyl (C=O) groups excluding carboxylic acids is 1. The van der Waals surface area contributed by atoms with Gasteiger partial charge in [0, 0.05) is 0 Å². The molecule has 1 amide bonds. The topological polar surface area (TPSA) is 118 Å². The molecular formula is C22H20FN7O2. The Kier molecular flexibility index (Phi) is 4.40. The molecule has 1 aliphatic heterocycles. The van der Waals surface area contributed by atoms with Crippen molar-refractivity contribution in [2.75, 3.05) is 5.32 Å². The number of carbonyl (C=O) groups is 1. The Balaban J connectivity index is 1.65. The third-order valence-corrected chi connectivity index (χ3v) is 5.66. The molecule has 0 saturated carbocycles. The Hall–Kier alpha value is -3.95. The van der Waals surface area contributed by atoms with Gasteiger partial charge in [-0.1, -0.05) is 26.0 Å². The van der Waals surface area contributed by atoms with Crippen LogP contribution in [-0.2, 0) is 16.6 Å². The first kappa shape index (κ1) is 20.0. The molecule has 4 heterocycles. The molecule has 1 aromatic carbocycles. The van der Waals surface area contributed by atoms with Gasteiger partial charge in [0.25, 0.3) is 0 Å². The minimum atomic E-state index is -1.27. The van der Waals surface area contributed by atoms with Crippen molar-refractivity contribution in [2.45, 2.75) is 32.6 Å². The zero-order valence-corrected chi connectivity index (χ0v) is 17.7. The number of rotatable bonds is 4.